The Kier molecular flexibility index (Phi) is 6.62. The van der Waals surface area contributed by atoms with Gasteiger partial charge >= 0.3 is 6.18 Å². The molecule has 4 N–H and O–H groups in total. The SMILES string of the molecule is CCC(/C(C=N)=C/NC(C)C)c1c(C#N)c(-c2cnc(C(F)(F)F)nc2)c2c(N)ncnn12. The molecule has 0 saturated heterocycles. The summed E-state index contributed by atoms with van der Waals surface area (Å²) in [6.45, 7) is 5.79. The van der Waals surface area contributed by atoms with Crippen LogP contribution in [-0.4, -0.2) is 36.8 Å². The Morgan fingerprint density at radius 3 is 2.48 bits per heavy atom. The second kappa shape index (κ2) is 9.23. The lowest BCUT2D eigenvalue weighted by Crippen LogP contribution is -2.19. The molecule has 0 aliphatic heterocycles. The zero-order valence-corrected chi connectivity index (χ0v) is 18.1. The molecule has 0 bridgehead atoms. The first-order valence-electron chi connectivity index (χ1n) is 10.0. The lowest BCUT2D eigenvalue weighted by atomic mass is 9.90. The molecule has 0 aliphatic rings. The van der Waals surface area contributed by atoms with E-state index in [0.29, 0.717) is 17.7 Å². The minimum atomic E-state index is -4.70. The number of aromatic nitrogens is 5. The fourth-order valence-corrected chi connectivity index (χ4v) is 3.55. The van der Waals surface area contributed by atoms with Crippen LogP contribution in [0.4, 0.5) is 19.0 Å². The van der Waals surface area contributed by atoms with Crippen molar-refractivity contribution in [1.29, 1.82) is 10.7 Å². The highest BCUT2D eigenvalue weighted by Crippen LogP contribution is 2.40. The van der Waals surface area contributed by atoms with Gasteiger partial charge < -0.3 is 16.5 Å². The predicted molar refractivity (Wildman–Crippen MR) is 116 cm³/mol. The van der Waals surface area contributed by atoms with Crippen LogP contribution in [-0.2, 0) is 6.18 Å². The van der Waals surface area contributed by atoms with Gasteiger partial charge in [-0.2, -0.15) is 23.5 Å². The summed E-state index contributed by atoms with van der Waals surface area (Å²) in [6.07, 6.45) is 1.93. The third-order valence-electron chi connectivity index (χ3n) is 4.99. The van der Waals surface area contributed by atoms with Crippen molar-refractivity contribution in [1.82, 2.24) is 29.9 Å². The lowest BCUT2D eigenvalue weighted by Gasteiger charge is -2.17. The molecule has 0 aromatic carbocycles. The van der Waals surface area contributed by atoms with Crippen LogP contribution in [0.1, 0.15) is 50.2 Å². The fraction of sp³-hybridized carbons (Fsp3) is 0.333. The monoisotopic (exact) mass is 457 g/mol. The number of hydrogen-bond donors (Lipinski definition) is 3. The van der Waals surface area contributed by atoms with Crippen molar-refractivity contribution in [2.24, 2.45) is 0 Å². The van der Waals surface area contributed by atoms with Gasteiger partial charge in [0.1, 0.15) is 17.9 Å². The highest BCUT2D eigenvalue weighted by molar-refractivity contribution is 5.93. The summed E-state index contributed by atoms with van der Waals surface area (Å²) in [7, 11) is 0. The summed E-state index contributed by atoms with van der Waals surface area (Å²) in [5, 5.41) is 25.4. The van der Waals surface area contributed by atoms with Gasteiger partial charge in [-0.3, -0.25) is 0 Å². The molecule has 172 valence electrons. The van der Waals surface area contributed by atoms with Gasteiger partial charge in [0.05, 0.1) is 11.3 Å². The van der Waals surface area contributed by atoms with Crippen LogP contribution in [0.2, 0.25) is 0 Å². The number of halogens is 3. The molecule has 33 heavy (non-hydrogen) atoms. The van der Waals surface area contributed by atoms with Crippen LogP contribution in [0.15, 0.2) is 30.5 Å². The number of nitriles is 1. The molecule has 0 amide bonds. The van der Waals surface area contributed by atoms with Crippen LogP contribution in [0.25, 0.3) is 16.6 Å². The van der Waals surface area contributed by atoms with Crippen molar-refractivity contribution >= 4 is 17.5 Å². The van der Waals surface area contributed by atoms with Gasteiger partial charge in [-0.05, 0) is 25.8 Å². The smallest absolute Gasteiger partial charge is 0.388 e. The summed E-state index contributed by atoms with van der Waals surface area (Å²) in [5.41, 5.74) is 7.95. The van der Waals surface area contributed by atoms with E-state index in [0.717, 1.165) is 12.4 Å². The maximum atomic E-state index is 12.9. The summed E-state index contributed by atoms with van der Waals surface area (Å²) in [6, 6.07) is 2.26. The average Bonchev–Trinajstić information content (AvgIpc) is 3.11. The second-order valence-electron chi connectivity index (χ2n) is 7.52. The standard InChI is InChI=1S/C21H22F3N9/c1-4-14(12(5-25)7-28-11(2)3)17-15(6-26)16(18-19(27)31-10-32-33(17)18)13-8-29-20(30-9-13)21(22,23)24/h5,7-11,14,25,28H,4H2,1-3H3,(H2,27,31,32)/b12-7+,25-5?. The molecule has 3 heterocycles. The van der Waals surface area contributed by atoms with Crippen LogP contribution in [0.5, 0.6) is 0 Å². The lowest BCUT2D eigenvalue weighted by molar-refractivity contribution is -0.144. The van der Waals surface area contributed by atoms with E-state index in [4.69, 9.17) is 11.1 Å². The van der Waals surface area contributed by atoms with Crippen LogP contribution < -0.4 is 11.1 Å². The maximum Gasteiger partial charge on any atom is 0.451 e. The number of nitrogens with zero attached hydrogens (tertiary/aromatic N) is 6. The largest absolute Gasteiger partial charge is 0.451 e. The quantitative estimate of drug-likeness (QED) is 0.459. The van der Waals surface area contributed by atoms with Crippen molar-refractivity contribution in [3.05, 3.63) is 47.6 Å². The third kappa shape index (κ3) is 4.48. The molecule has 3 rings (SSSR count). The Hall–Kier alpha value is -4.01. The molecular formula is C21H22F3N9. The van der Waals surface area contributed by atoms with E-state index < -0.39 is 17.9 Å². The minimum Gasteiger partial charge on any atom is -0.388 e. The second-order valence-corrected chi connectivity index (χ2v) is 7.52. The fourth-order valence-electron chi connectivity index (χ4n) is 3.55. The van der Waals surface area contributed by atoms with Crippen LogP contribution in [0.3, 0.4) is 0 Å². The number of nitrogens with one attached hydrogen (secondary N) is 2. The molecule has 9 nitrogen and oxygen atoms in total. The Labute approximate surface area is 187 Å². The van der Waals surface area contributed by atoms with Crippen LogP contribution in [0, 0.1) is 16.7 Å². The van der Waals surface area contributed by atoms with Gasteiger partial charge in [-0.15, -0.1) is 0 Å². The molecule has 0 spiro atoms. The molecule has 1 atom stereocenters. The summed E-state index contributed by atoms with van der Waals surface area (Å²) in [4.78, 5) is 10.8. The molecule has 12 heteroatoms. The summed E-state index contributed by atoms with van der Waals surface area (Å²) in [5.74, 6) is -1.69. The van der Waals surface area contributed by atoms with Crippen molar-refractivity contribution in [3.63, 3.8) is 0 Å². The number of nitrogens with two attached hydrogens (primary N) is 1. The number of rotatable bonds is 7. The third-order valence-corrected chi connectivity index (χ3v) is 4.99. The zero-order valence-electron chi connectivity index (χ0n) is 18.1. The Morgan fingerprint density at radius 1 is 1.30 bits per heavy atom. The maximum absolute atomic E-state index is 12.9. The van der Waals surface area contributed by atoms with E-state index in [-0.39, 0.29) is 34.1 Å². The van der Waals surface area contributed by atoms with E-state index in [2.05, 4.69) is 31.4 Å². The zero-order chi connectivity index (χ0) is 24.3. The first kappa shape index (κ1) is 23.6. The number of hydrogen-bond acceptors (Lipinski definition) is 8. The Balaban J connectivity index is 2.33. The highest BCUT2D eigenvalue weighted by Gasteiger charge is 2.35. The van der Waals surface area contributed by atoms with E-state index >= 15 is 0 Å². The van der Waals surface area contributed by atoms with Crippen molar-refractivity contribution in [2.45, 2.75) is 45.3 Å². The molecule has 0 saturated carbocycles. The summed E-state index contributed by atoms with van der Waals surface area (Å²) >= 11 is 0. The first-order chi connectivity index (χ1) is 15.6. The van der Waals surface area contributed by atoms with Crippen LogP contribution >= 0.6 is 0 Å². The van der Waals surface area contributed by atoms with Crippen molar-refractivity contribution < 1.29 is 13.2 Å². The van der Waals surface area contributed by atoms with Gasteiger partial charge in [0.15, 0.2) is 5.82 Å². The molecule has 0 radical (unpaired) electrons. The number of anilines is 1. The first-order valence-corrected chi connectivity index (χ1v) is 10.0. The van der Waals surface area contributed by atoms with Crippen molar-refractivity contribution in [3.8, 4) is 17.2 Å². The van der Waals surface area contributed by atoms with Gasteiger partial charge in [0.2, 0.25) is 5.82 Å². The van der Waals surface area contributed by atoms with Gasteiger partial charge in [0.25, 0.3) is 0 Å². The molecular weight excluding hydrogens is 435 g/mol. The van der Waals surface area contributed by atoms with E-state index in [1.807, 2.05) is 20.8 Å². The minimum absolute atomic E-state index is 0.0400. The Bertz CT molecular complexity index is 1240. The number of alkyl halides is 3. The topological polar surface area (TPSA) is 142 Å². The predicted octanol–water partition coefficient (Wildman–Crippen LogP) is 3.68. The summed E-state index contributed by atoms with van der Waals surface area (Å²) < 4.78 is 40.3. The molecule has 0 fully saturated rings. The normalized spacial score (nSPS) is 13.2. The Morgan fingerprint density at radius 2 is 1.97 bits per heavy atom. The molecule has 3 aromatic heterocycles. The highest BCUT2D eigenvalue weighted by atomic mass is 19.4. The van der Waals surface area contributed by atoms with Gasteiger partial charge in [-0.25, -0.2) is 19.5 Å². The van der Waals surface area contributed by atoms with Crippen molar-refractivity contribution in [2.75, 3.05) is 5.73 Å². The van der Waals surface area contributed by atoms with E-state index in [9.17, 15) is 18.4 Å². The van der Waals surface area contributed by atoms with E-state index in [1.165, 1.54) is 17.1 Å². The molecule has 0 aliphatic carbocycles. The van der Waals surface area contributed by atoms with E-state index in [1.54, 1.807) is 6.20 Å². The number of allylic oxidation sites excluding steroid dienone is 1. The number of fused-ring (bicyclic) bond motifs is 1. The van der Waals surface area contributed by atoms with Gasteiger partial charge in [0, 0.05) is 47.9 Å². The number of nitrogen functional groups attached to an aromatic ring is 1. The molecule has 3 aromatic rings. The average molecular weight is 457 g/mol. The molecule has 1 unspecified atom stereocenters. The van der Waals surface area contributed by atoms with Gasteiger partial charge in [-0.1, -0.05) is 6.92 Å².